The van der Waals surface area contributed by atoms with Gasteiger partial charge >= 0.3 is 5.97 Å². The van der Waals surface area contributed by atoms with E-state index in [1.165, 1.54) is 12.3 Å². The average molecular weight is 399 g/mol. The molecule has 2 atom stereocenters. The maximum atomic E-state index is 11.8. The normalized spacial score (nSPS) is 14.7. The summed E-state index contributed by atoms with van der Waals surface area (Å²) in [5, 5.41) is 23.3. The van der Waals surface area contributed by atoms with E-state index in [0.29, 0.717) is 24.0 Å². The third-order valence-electron chi connectivity index (χ3n) is 3.87. The van der Waals surface area contributed by atoms with Crippen LogP contribution in [0, 0.1) is 5.92 Å². The first-order valence-corrected chi connectivity index (χ1v) is 9.21. The van der Waals surface area contributed by atoms with Crippen LogP contribution in [0.25, 0.3) is 11.0 Å². The number of fused-ring (bicyclic) bond motifs is 1. The number of hydrogen-bond donors (Lipinski definition) is 3. The van der Waals surface area contributed by atoms with Crippen molar-refractivity contribution in [2.24, 2.45) is 5.92 Å². The smallest absolute Gasteiger partial charge is 0.352 e. The summed E-state index contributed by atoms with van der Waals surface area (Å²) in [6.45, 7) is 9.90. The molecular weight excluding hydrogens is 372 g/mol. The Morgan fingerprint density at radius 2 is 2.07 bits per heavy atom. The van der Waals surface area contributed by atoms with Gasteiger partial charge in [-0.3, -0.25) is 5.32 Å². The molecule has 0 saturated heterocycles. The van der Waals surface area contributed by atoms with Crippen LogP contribution in [0.3, 0.4) is 0 Å². The van der Waals surface area contributed by atoms with Crippen molar-refractivity contribution in [2.45, 2.75) is 59.1 Å². The van der Waals surface area contributed by atoms with E-state index in [-0.39, 0.29) is 22.9 Å². The highest BCUT2D eigenvalue weighted by Gasteiger charge is 2.25. The predicted octanol–water partition coefficient (Wildman–Crippen LogP) is 3.05. The number of aromatic nitrogens is 3. The molecule has 0 radical (unpaired) electrons. The van der Waals surface area contributed by atoms with E-state index in [4.69, 9.17) is 16.3 Å². The van der Waals surface area contributed by atoms with Crippen molar-refractivity contribution in [3.8, 4) is 0 Å². The van der Waals surface area contributed by atoms with Gasteiger partial charge in [-0.1, -0.05) is 13.8 Å². The van der Waals surface area contributed by atoms with E-state index in [2.05, 4.69) is 15.3 Å². The first kappa shape index (κ1) is 21.6. The molecule has 2 heterocycles. The molecule has 0 fully saturated rings. The van der Waals surface area contributed by atoms with Gasteiger partial charge in [-0.2, -0.15) is 4.98 Å². The third-order valence-corrected chi connectivity index (χ3v) is 4.05. The molecule has 0 aliphatic carbocycles. The Labute approximate surface area is 163 Å². The largest absolute Gasteiger partial charge is 0.477 e. The Balaban J connectivity index is 2.39. The lowest BCUT2D eigenvalue weighted by Crippen LogP contribution is -2.41. The number of ether oxygens (including phenoxy) is 1. The number of carboxylic acid groups (broad SMARTS) is 1. The van der Waals surface area contributed by atoms with E-state index in [0.717, 1.165) is 0 Å². The zero-order valence-electron chi connectivity index (χ0n) is 16.2. The fraction of sp³-hybridized carbons (Fsp3) is 0.611. The molecule has 0 bridgehead atoms. The molecule has 1 unspecified atom stereocenters. The van der Waals surface area contributed by atoms with Crippen LogP contribution in [0.1, 0.15) is 57.6 Å². The number of nitrogens with zero attached hydrogens (tertiary/aromatic N) is 3. The summed E-state index contributed by atoms with van der Waals surface area (Å²) in [7, 11) is 0. The van der Waals surface area contributed by atoms with E-state index >= 15 is 0 Å². The fourth-order valence-electron chi connectivity index (χ4n) is 2.96. The van der Waals surface area contributed by atoms with Crippen LogP contribution >= 0.6 is 11.6 Å². The van der Waals surface area contributed by atoms with Crippen LogP contribution in [0.4, 0.5) is 0 Å². The molecule has 0 spiro atoms. The molecule has 0 amide bonds. The van der Waals surface area contributed by atoms with Gasteiger partial charge < -0.3 is 19.5 Å². The molecular formula is C18H27ClN4O4. The van der Waals surface area contributed by atoms with Gasteiger partial charge in [0.25, 0.3) is 0 Å². The van der Waals surface area contributed by atoms with Crippen LogP contribution in [0.5, 0.6) is 0 Å². The molecule has 0 aliphatic rings. The number of aliphatic hydroxyl groups excluding tert-OH is 1. The van der Waals surface area contributed by atoms with Gasteiger partial charge in [-0.15, -0.1) is 0 Å². The summed E-state index contributed by atoms with van der Waals surface area (Å²) in [5.41, 5.74) is 0.0268. The van der Waals surface area contributed by atoms with Crippen LogP contribution < -0.4 is 5.32 Å². The molecule has 2 aromatic heterocycles. The minimum absolute atomic E-state index is 0.0474. The highest BCUT2D eigenvalue weighted by Crippen LogP contribution is 2.27. The zero-order chi connectivity index (χ0) is 20.4. The second-order valence-electron chi connectivity index (χ2n) is 7.90. The van der Waals surface area contributed by atoms with Crippen molar-refractivity contribution >= 4 is 28.6 Å². The zero-order valence-corrected chi connectivity index (χ0v) is 17.0. The van der Waals surface area contributed by atoms with Crippen molar-refractivity contribution in [1.29, 1.82) is 0 Å². The van der Waals surface area contributed by atoms with E-state index in [1.54, 1.807) is 4.57 Å². The number of halogens is 1. The number of carbonyl (C=O) groups is 1. The van der Waals surface area contributed by atoms with Crippen LogP contribution in [0.2, 0.25) is 5.28 Å². The maximum absolute atomic E-state index is 11.8. The summed E-state index contributed by atoms with van der Waals surface area (Å²) in [6.07, 6.45) is 0.999. The van der Waals surface area contributed by atoms with Gasteiger partial charge in [0, 0.05) is 24.2 Å². The van der Waals surface area contributed by atoms with Gasteiger partial charge in [-0.05, 0) is 50.8 Å². The lowest BCUT2D eigenvalue weighted by Gasteiger charge is -2.28. The van der Waals surface area contributed by atoms with Crippen molar-refractivity contribution in [3.05, 3.63) is 23.2 Å². The van der Waals surface area contributed by atoms with Crippen molar-refractivity contribution in [3.63, 3.8) is 0 Å². The highest BCUT2D eigenvalue weighted by molar-refractivity contribution is 6.28. The minimum Gasteiger partial charge on any atom is -0.477 e. The van der Waals surface area contributed by atoms with Gasteiger partial charge in [0.15, 0.2) is 0 Å². The Morgan fingerprint density at radius 3 is 2.63 bits per heavy atom. The standard InChI is InChI=1S/C18H27ClN4O4/c1-10(2)6-12(9-21-17(26)27-18(3,4)5)23-13(15(24)25)7-11-8-20-16(19)22-14(11)23/h7-8,10,12,17,21,26H,6,9H2,1-5H3,(H,24,25)/t12-,17?/m0/s1. The summed E-state index contributed by atoms with van der Waals surface area (Å²) < 4.78 is 7.11. The number of hydrogen-bond acceptors (Lipinski definition) is 6. The van der Waals surface area contributed by atoms with Crippen molar-refractivity contribution < 1.29 is 19.7 Å². The molecule has 0 aromatic carbocycles. The second kappa shape index (κ2) is 8.52. The Morgan fingerprint density at radius 1 is 1.41 bits per heavy atom. The van der Waals surface area contributed by atoms with Gasteiger partial charge in [-0.25, -0.2) is 9.78 Å². The summed E-state index contributed by atoms with van der Waals surface area (Å²) in [6, 6.07) is 1.25. The molecule has 3 N–H and O–H groups in total. The number of rotatable bonds is 8. The number of nitrogens with one attached hydrogen (secondary N) is 1. The maximum Gasteiger partial charge on any atom is 0.352 e. The molecule has 0 saturated carbocycles. The Kier molecular flexibility index (Phi) is 6.80. The highest BCUT2D eigenvalue weighted by atomic mass is 35.5. The summed E-state index contributed by atoms with van der Waals surface area (Å²) in [5.74, 6) is -0.779. The number of aliphatic hydroxyl groups is 1. The van der Waals surface area contributed by atoms with Gasteiger partial charge in [0.1, 0.15) is 11.3 Å². The molecule has 2 rings (SSSR count). The Hall–Kier alpha value is -1.74. The van der Waals surface area contributed by atoms with Gasteiger partial charge in [0.2, 0.25) is 11.7 Å². The molecule has 150 valence electrons. The molecule has 0 aliphatic heterocycles. The molecule has 8 nitrogen and oxygen atoms in total. The van der Waals surface area contributed by atoms with Crippen LogP contribution in [-0.4, -0.2) is 49.3 Å². The first-order valence-electron chi connectivity index (χ1n) is 8.84. The lowest BCUT2D eigenvalue weighted by molar-refractivity contribution is -0.182. The van der Waals surface area contributed by atoms with Crippen molar-refractivity contribution in [1.82, 2.24) is 19.9 Å². The van der Waals surface area contributed by atoms with Gasteiger partial charge in [0.05, 0.1) is 5.60 Å². The molecule has 27 heavy (non-hydrogen) atoms. The third kappa shape index (κ3) is 5.87. The topological polar surface area (TPSA) is 110 Å². The summed E-state index contributed by atoms with van der Waals surface area (Å²) >= 11 is 5.93. The number of aromatic carboxylic acids is 1. The molecule has 2 aromatic rings. The lowest BCUT2D eigenvalue weighted by atomic mass is 10.0. The van der Waals surface area contributed by atoms with Crippen LogP contribution in [0.15, 0.2) is 12.3 Å². The quantitative estimate of drug-likeness (QED) is 0.463. The molecule has 9 heteroatoms. The predicted molar refractivity (Wildman–Crippen MR) is 103 cm³/mol. The SMILES string of the molecule is CC(C)C[C@@H](CNC(O)OC(C)(C)C)n1c(C(=O)O)cc2cnc(Cl)nc21. The monoisotopic (exact) mass is 398 g/mol. The van der Waals surface area contributed by atoms with Crippen molar-refractivity contribution in [2.75, 3.05) is 6.54 Å². The fourth-order valence-corrected chi connectivity index (χ4v) is 3.09. The summed E-state index contributed by atoms with van der Waals surface area (Å²) in [4.78, 5) is 19.9. The first-order chi connectivity index (χ1) is 12.5. The van der Waals surface area contributed by atoms with E-state index in [9.17, 15) is 15.0 Å². The Bertz CT molecular complexity index is 800. The van der Waals surface area contributed by atoms with Crippen LogP contribution in [-0.2, 0) is 4.74 Å². The van der Waals surface area contributed by atoms with E-state index in [1.807, 2.05) is 34.6 Å². The number of carboxylic acids is 1. The van der Waals surface area contributed by atoms with E-state index < -0.39 is 18.0 Å². The second-order valence-corrected chi connectivity index (χ2v) is 8.23. The minimum atomic E-state index is -1.17. The average Bonchev–Trinajstić information content (AvgIpc) is 2.88.